The Hall–Kier alpha value is -0.570. The minimum atomic E-state index is -0.657. The molecule has 1 N–H and O–H groups in total. The molecule has 3 nitrogen and oxygen atoms in total. The zero-order chi connectivity index (χ0) is 11.6. The molecule has 0 aromatic heterocycles. The van der Waals surface area contributed by atoms with Crippen molar-refractivity contribution >= 4 is 5.97 Å². The van der Waals surface area contributed by atoms with E-state index in [2.05, 4.69) is 4.90 Å². The summed E-state index contributed by atoms with van der Waals surface area (Å²) in [5.74, 6) is -0.836. The largest absolute Gasteiger partial charge is 0.481 e. The van der Waals surface area contributed by atoms with E-state index in [0.717, 1.165) is 19.4 Å². The Kier molecular flexibility index (Phi) is 3.53. The Bertz CT molecular complexity index is 251. The SMILES string of the molecule is CC(CCCN1CC2(CCCC2)C1)C(=O)O. The van der Waals surface area contributed by atoms with Crippen LogP contribution < -0.4 is 0 Å². The van der Waals surface area contributed by atoms with Gasteiger partial charge in [-0.1, -0.05) is 19.8 Å². The first-order valence-corrected chi connectivity index (χ1v) is 6.56. The van der Waals surface area contributed by atoms with Crippen LogP contribution in [-0.2, 0) is 4.79 Å². The van der Waals surface area contributed by atoms with Gasteiger partial charge in [-0.05, 0) is 37.6 Å². The third-order valence-corrected chi connectivity index (χ3v) is 4.32. The first-order chi connectivity index (χ1) is 7.61. The van der Waals surface area contributed by atoms with Gasteiger partial charge < -0.3 is 10.0 Å². The van der Waals surface area contributed by atoms with Crippen LogP contribution in [0.15, 0.2) is 0 Å². The van der Waals surface area contributed by atoms with E-state index in [1.165, 1.54) is 38.8 Å². The number of likely N-dealkylation sites (tertiary alicyclic amines) is 1. The summed E-state index contributed by atoms with van der Waals surface area (Å²) < 4.78 is 0. The van der Waals surface area contributed by atoms with Gasteiger partial charge in [0, 0.05) is 13.1 Å². The normalized spacial score (nSPS) is 25.6. The van der Waals surface area contributed by atoms with Crippen LogP contribution in [0.25, 0.3) is 0 Å². The molecule has 0 aromatic rings. The zero-order valence-electron chi connectivity index (χ0n) is 10.2. The molecule has 2 rings (SSSR count). The van der Waals surface area contributed by atoms with Crippen molar-refractivity contribution in [2.75, 3.05) is 19.6 Å². The molecule has 2 fully saturated rings. The van der Waals surface area contributed by atoms with Crippen LogP contribution in [0.4, 0.5) is 0 Å². The van der Waals surface area contributed by atoms with Gasteiger partial charge in [-0.25, -0.2) is 0 Å². The minimum Gasteiger partial charge on any atom is -0.481 e. The van der Waals surface area contributed by atoms with Gasteiger partial charge in [0.05, 0.1) is 5.92 Å². The Balaban J connectivity index is 1.58. The number of hydrogen-bond acceptors (Lipinski definition) is 2. The monoisotopic (exact) mass is 225 g/mol. The van der Waals surface area contributed by atoms with E-state index < -0.39 is 5.97 Å². The maximum Gasteiger partial charge on any atom is 0.306 e. The van der Waals surface area contributed by atoms with Gasteiger partial charge in [0.1, 0.15) is 0 Å². The van der Waals surface area contributed by atoms with Gasteiger partial charge in [-0.3, -0.25) is 4.79 Å². The predicted octanol–water partition coefficient (Wildman–Crippen LogP) is 2.36. The molecule has 1 saturated carbocycles. The predicted molar refractivity (Wildman–Crippen MR) is 63.4 cm³/mol. The Labute approximate surface area is 97.8 Å². The van der Waals surface area contributed by atoms with Crippen LogP contribution in [0.5, 0.6) is 0 Å². The molecule has 0 bridgehead atoms. The van der Waals surface area contributed by atoms with Crippen LogP contribution in [0, 0.1) is 11.3 Å². The average molecular weight is 225 g/mol. The molecule has 1 saturated heterocycles. The molecule has 1 aliphatic carbocycles. The maximum atomic E-state index is 10.6. The average Bonchev–Trinajstić information content (AvgIpc) is 2.65. The van der Waals surface area contributed by atoms with E-state index in [0.29, 0.717) is 5.41 Å². The van der Waals surface area contributed by atoms with E-state index in [1.54, 1.807) is 6.92 Å². The standard InChI is InChI=1S/C13H23NO2/c1-11(12(15)16)5-4-8-14-9-13(10-14)6-2-3-7-13/h11H,2-10H2,1H3,(H,15,16). The molecule has 1 unspecified atom stereocenters. The van der Waals surface area contributed by atoms with Crippen molar-refractivity contribution in [3.63, 3.8) is 0 Å². The molecule has 0 radical (unpaired) electrons. The van der Waals surface area contributed by atoms with Crippen molar-refractivity contribution in [2.24, 2.45) is 11.3 Å². The molecule has 1 atom stereocenters. The number of carbonyl (C=O) groups is 1. The van der Waals surface area contributed by atoms with Crippen molar-refractivity contribution in [2.45, 2.75) is 45.4 Å². The molecule has 1 aliphatic heterocycles. The Morgan fingerprint density at radius 3 is 2.56 bits per heavy atom. The topological polar surface area (TPSA) is 40.5 Å². The molecule has 1 spiro atoms. The lowest BCUT2D eigenvalue weighted by Crippen LogP contribution is -2.54. The Morgan fingerprint density at radius 1 is 1.38 bits per heavy atom. The number of aliphatic carboxylic acids is 1. The van der Waals surface area contributed by atoms with Gasteiger partial charge in [0.15, 0.2) is 0 Å². The highest BCUT2D eigenvalue weighted by Gasteiger charge is 2.43. The van der Waals surface area contributed by atoms with E-state index >= 15 is 0 Å². The summed E-state index contributed by atoms with van der Waals surface area (Å²) in [6, 6.07) is 0. The van der Waals surface area contributed by atoms with E-state index in [4.69, 9.17) is 5.11 Å². The van der Waals surface area contributed by atoms with Crippen LogP contribution in [0.3, 0.4) is 0 Å². The molecular formula is C13H23NO2. The summed E-state index contributed by atoms with van der Waals surface area (Å²) in [6.45, 7) is 5.44. The quantitative estimate of drug-likeness (QED) is 0.781. The van der Waals surface area contributed by atoms with Gasteiger partial charge in [-0.2, -0.15) is 0 Å². The van der Waals surface area contributed by atoms with E-state index in [1.807, 2.05) is 0 Å². The minimum absolute atomic E-state index is 0.179. The van der Waals surface area contributed by atoms with Gasteiger partial charge in [-0.15, -0.1) is 0 Å². The fourth-order valence-corrected chi connectivity index (χ4v) is 3.25. The number of carboxylic acid groups (broad SMARTS) is 1. The highest BCUT2D eigenvalue weighted by atomic mass is 16.4. The summed E-state index contributed by atoms with van der Waals surface area (Å²) in [5.41, 5.74) is 0.679. The van der Waals surface area contributed by atoms with Crippen molar-refractivity contribution < 1.29 is 9.90 Å². The number of nitrogens with zero attached hydrogens (tertiary/aromatic N) is 1. The first-order valence-electron chi connectivity index (χ1n) is 6.56. The fourth-order valence-electron chi connectivity index (χ4n) is 3.25. The van der Waals surface area contributed by atoms with Crippen molar-refractivity contribution in [3.8, 4) is 0 Å². The maximum absolute atomic E-state index is 10.6. The third kappa shape index (κ3) is 2.57. The molecule has 92 valence electrons. The lowest BCUT2D eigenvalue weighted by molar-refractivity contribution is -0.141. The van der Waals surface area contributed by atoms with Gasteiger partial charge in [0.2, 0.25) is 0 Å². The summed E-state index contributed by atoms with van der Waals surface area (Å²) in [4.78, 5) is 13.1. The van der Waals surface area contributed by atoms with Crippen molar-refractivity contribution in [3.05, 3.63) is 0 Å². The summed E-state index contributed by atoms with van der Waals surface area (Å²) >= 11 is 0. The second-order valence-corrected chi connectivity index (χ2v) is 5.80. The van der Waals surface area contributed by atoms with Gasteiger partial charge >= 0.3 is 5.97 Å². The van der Waals surface area contributed by atoms with Crippen LogP contribution in [0.2, 0.25) is 0 Å². The summed E-state index contributed by atoms with van der Waals surface area (Å²) in [7, 11) is 0. The zero-order valence-corrected chi connectivity index (χ0v) is 10.2. The van der Waals surface area contributed by atoms with E-state index in [-0.39, 0.29) is 5.92 Å². The molecular weight excluding hydrogens is 202 g/mol. The number of hydrogen-bond donors (Lipinski definition) is 1. The number of rotatable bonds is 5. The smallest absolute Gasteiger partial charge is 0.306 e. The molecule has 0 aromatic carbocycles. The number of carboxylic acids is 1. The highest BCUT2D eigenvalue weighted by molar-refractivity contribution is 5.69. The molecule has 3 heteroatoms. The van der Waals surface area contributed by atoms with Crippen molar-refractivity contribution in [1.82, 2.24) is 4.90 Å². The highest BCUT2D eigenvalue weighted by Crippen LogP contribution is 2.45. The van der Waals surface area contributed by atoms with Crippen LogP contribution in [0.1, 0.15) is 45.4 Å². The molecule has 0 amide bonds. The first kappa shape index (κ1) is 11.9. The van der Waals surface area contributed by atoms with Gasteiger partial charge in [0.25, 0.3) is 0 Å². The van der Waals surface area contributed by atoms with Crippen molar-refractivity contribution in [1.29, 1.82) is 0 Å². The second kappa shape index (κ2) is 4.74. The summed E-state index contributed by atoms with van der Waals surface area (Å²) in [5, 5.41) is 8.77. The lowest BCUT2D eigenvalue weighted by atomic mass is 9.78. The molecule has 2 aliphatic rings. The fraction of sp³-hybridized carbons (Fsp3) is 0.923. The summed E-state index contributed by atoms with van der Waals surface area (Å²) in [6.07, 6.45) is 7.54. The Morgan fingerprint density at radius 2 is 2.00 bits per heavy atom. The molecule has 16 heavy (non-hydrogen) atoms. The van der Waals surface area contributed by atoms with Crippen LogP contribution in [-0.4, -0.2) is 35.6 Å². The third-order valence-electron chi connectivity index (χ3n) is 4.32. The second-order valence-electron chi connectivity index (χ2n) is 5.80. The van der Waals surface area contributed by atoms with Crippen LogP contribution >= 0.6 is 0 Å². The lowest BCUT2D eigenvalue weighted by Gasteiger charge is -2.48. The molecule has 1 heterocycles. The van der Waals surface area contributed by atoms with E-state index in [9.17, 15) is 4.79 Å².